The van der Waals surface area contributed by atoms with Crippen LogP contribution in [0.5, 0.6) is 11.5 Å². The first-order valence-electron chi connectivity index (χ1n) is 12.2. The Labute approximate surface area is 221 Å². The van der Waals surface area contributed by atoms with Gasteiger partial charge in [-0.25, -0.2) is 9.97 Å². The number of rotatable bonds is 10. The van der Waals surface area contributed by atoms with Crippen LogP contribution in [0.1, 0.15) is 17.7 Å². The number of likely N-dealkylation sites (N-methyl/N-ethyl adjacent to an activating group) is 1. The second-order valence-electron chi connectivity index (χ2n) is 9.18. The molecule has 0 unspecified atom stereocenters. The molecule has 38 heavy (non-hydrogen) atoms. The highest BCUT2D eigenvalue weighted by Crippen LogP contribution is 2.30. The lowest BCUT2D eigenvalue weighted by Crippen LogP contribution is -2.34. The van der Waals surface area contributed by atoms with Crippen molar-refractivity contribution < 1.29 is 14.3 Å². The Hall–Kier alpha value is -4.57. The zero-order chi connectivity index (χ0) is 27.1. The fourth-order valence-corrected chi connectivity index (χ4v) is 3.74. The van der Waals surface area contributed by atoms with Crippen molar-refractivity contribution in [1.29, 1.82) is 0 Å². The Bertz CT molecular complexity index is 1440. The fourth-order valence-electron chi connectivity index (χ4n) is 3.74. The van der Waals surface area contributed by atoms with Gasteiger partial charge < -0.3 is 25.6 Å². The number of aryl methyl sites for hydroxylation is 2. The molecule has 2 heterocycles. The number of aromatic nitrogens is 3. The van der Waals surface area contributed by atoms with Crippen LogP contribution in [-0.2, 0) is 9.59 Å². The third kappa shape index (κ3) is 7.23. The highest BCUT2D eigenvalue weighted by molar-refractivity contribution is 5.97. The predicted octanol–water partition coefficient (Wildman–Crippen LogP) is 4.18. The maximum atomic E-state index is 12.4. The Morgan fingerprint density at radius 1 is 0.921 bits per heavy atom. The van der Waals surface area contributed by atoms with Crippen molar-refractivity contribution in [2.75, 3.05) is 37.8 Å². The van der Waals surface area contributed by atoms with Crippen LogP contribution in [0, 0.1) is 13.8 Å². The average molecular weight is 514 g/mol. The SMILES string of the molecule is Cc1ccc(Oc2ccc(Nc3ncnc4ccc(NC(=O)CCNC(=O)CN(C)C)cc34)cc2C)cn1. The van der Waals surface area contributed by atoms with Crippen molar-refractivity contribution in [2.24, 2.45) is 0 Å². The minimum absolute atomic E-state index is 0.122. The molecule has 10 nitrogen and oxygen atoms in total. The number of fused-ring (bicyclic) bond motifs is 1. The monoisotopic (exact) mass is 513 g/mol. The Balaban J connectivity index is 1.43. The number of anilines is 3. The van der Waals surface area contributed by atoms with E-state index in [1.165, 1.54) is 6.33 Å². The lowest BCUT2D eigenvalue weighted by molar-refractivity contribution is -0.121. The third-order valence-corrected chi connectivity index (χ3v) is 5.60. The van der Waals surface area contributed by atoms with Gasteiger partial charge in [-0.1, -0.05) is 0 Å². The largest absolute Gasteiger partial charge is 0.455 e. The third-order valence-electron chi connectivity index (χ3n) is 5.60. The highest BCUT2D eigenvalue weighted by Gasteiger charge is 2.10. The molecule has 2 aromatic heterocycles. The molecule has 0 saturated heterocycles. The van der Waals surface area contributed by atoms with E-state index >= 15 is 0 Å². The van der Waals surface area contributed by atoms with E-state index in [2.05, 4.69) is 30.9 Å². The van der Waals surface area contributed by atoms with Crippen LogP contribution in [0.2, 0.25) is 0 Å². The van der Waals surface area contributed by atoms with E-state index in [1.54, 1.807) is 17.2 Å². The molecular weight excluding hydrogens is 482 g/mol. The first kappa shape index (κ1) is 26.5. The van der Waals surface area contributed by atoms with Crippen molar-refractivity contribution in [3.05, 3.63) is 72.3 Å². The molecule has 196 valence electrons. The molecular formula is C28H31N7O3. The van der Waals surface area contributed by atoms with Gasteiger partial charge in [0.15, 0.2) is 0 Å². The number of nitrogens with zero attached hydrogens (tertiary/aromatic N) is 4. The van der Waals surface area contributed by atoms with E-state index in [1.807, 2.05) is 70.4 Å². The van der Waals surface area contributed by atoms with Crippen molar-refractivity contribution in [3.63, 3.8) is 0 Å². The molecule has 0 radical (unpaired) electrons. The minimum Gasteiger partial charge on any atom is -0.455 e. The summed E-state index contributed by atoms with van der Waals surface area (Å²) in [6, 6.07) is 15.0. The summed E-state index contributed by atoms with van der Waals surface area (Å²) in [5, 5.41) is 9.72. The number of carbonyl (C=O) groups excluding carboxylic acids is 2. The molecule has 0 aliphatic rings. The van der Waals surface area contributed by atoms with E-state index in [0.29, 0.717) is 17.3 Å². The fraction of sp³-hybridized carbons (Fsp3) is 0.250. The number of benzene rings is 2. The second-order valence-corrected chi connectivity index (χ2v) is 9.18. The normalized spacial score (nSPS) is 10.9. The van der Waals surface area contributed by atoms with Gasteiger partial charge in [-0.2, -0.15) is 0 Å². The lowest BCUT2D eigenvalue weighted by atomic mass is 10.1. The number of nitrogens with one attached hydrogen (secondary N) is 3. The number of ether oxygens (including phenoxy) is 1. The molecule has 0 aliphatic heterocycles. The summed E-state index contributed by atoms with van der Waals surface area (Å²) in [6.45, 7) is 4.44. The number of carbonyl (C=O) groups is 2. The number of hydrogen-bond donors (Lipinski definition) is 3. The highest BCUT2D eigenvalue weighted by atomic mass is 16.5. The van der Waals surface area contributed by atoms with Crippen molar-refractivity contribution in [3.8, 4) is 11.5 Å². The molecule has 2 aromatic carbocycles. The van der Waals surface area contributed by atoms with Crippen LogP contribution in [0.15, 0.2) is 61.1 Å². The predicted molar refractivity (Wildman–Crippen MR) is 148 cm³/mol. The molecule has 4 rings (SSSR count). The average Bonchev–Trinajstić information content (AvgIpc) is 2.87. The van der Waals surface area contributed by atoms with E-state index < -0.39 is 0 Å². The molecule has 0 bridgehead atoms. The van der Waals surface area contributed by atoms with Crippen molar-refractivity contribution in [1.82, 2.24) is 25.2 Å². The van der Waals surface area contributed by atoms with E-state index in [0.717, 1.165) is 33.6 Å². The van der Waals surface area contributed by atoms with Gasteiger partial charge in [-0.15, -0.1) is 0 Å². The van der Waals surface area contributed by atoms with E-state index in [9.17, 15) is 9.59 Å². The summed E-state index contributed by atoms with van der Waals surface area (Å²) in [5.74, 6) is 1.69. The second kappa shape index (κ2) is 12.1. The van der Waals surface area contributed by atoms with E-state index in [-0.39, 0.29) is 31.3 Å². The molecule has 0 fully saturated rings. The Kier molecular flexibility index (Phi) is 8.44. The molecule has 0 atom stereocenters. The number of pyridine rings is 1. The summed E-state index contributed by atoms with van der Waals surface area (Å²) in [6.07, 6.45) is 3.36. The molecule has 0 aliphatic carbocycles. The van der Waals surface area contributed by atoms with Crippen LogP contribution in [0.3, 0.4) is 0 Å². The first-order chi connectivity index (χ1) is 18.3. The maximum absolute atomic E-state index is 12.4. The van der Waals surface area contributed by atoms with Gasteiger partial charge in [-0.05, 0) is 82.0 Å². The zero-order valence-corrected chi connectivity index (χ0v) is 21.9. The quantitative estimate of drug-likeness (QED) is 0.289. The van der Waals surface area contributed by atoms with Gasteiger partial charge in [0.25, 0.3) is 0 Å². The van der Waals surface area contributed by atoms with Gasteiger partial charge in [0.1, 0.15) is 23.6 Å². The molecule has 2 amide bonds. The molecule has 4 aromatic rings. The summed E-state index contributed by atoms with van der Waals surface area (Å²) >= 11 is 0. The van der Waals surface area contributed by atoms with Crippen LogP contribution in [0.4, 0.5) is 17.2 Å². The maximum Gasteiger partial charge on any atom is 0.234 e. The van der Waals surface area contributed by atoms with Crippen LogP contribution >= 0.6 is 0 Å². The Morgan fingerprint density at radius 3 is 2.47 bits per heavy atom. The van der Waals surface area contributed by atoms with Gasteiger partial charge in [0.2, 0.25) is 11.8 Å². The van der Waals surface area contributed by atoms with Crippen molar-refractivity contribution in [2.45, 2.75) is 20.3 Å². The standard InChI is InChI=1S/C28H31N7O3/c1-18-13-20(7-10-25(18)38-22-8-5-19(2)30-15-22)34-28-23-14-21(6-9-24(23)31-17-32-28)33-26(36)11-12-29-27(37)16-35(3)4/h5-10,13-15,17H,11-12,16H2,1-4H3,(H,29,37)(H,33,36)(H,31,32,34). The van der Waals surface area contributed by atoms with Gasteiger partial charge in [0, 0.05) is 35.4 Å². The van der Waals surface area contributed by atoms with Crippen LogP contribution < -0.4 is 20.7 Å². The summed E-state index contributed by atoms with van der Waals surface area (Å²) in [5.41, 5.74) is 4.06. The number of amides is 2. The zero-order valence-electron chi connectivity index (χ0n) is 21.9. The number of hydrogen-bond acceptors (Lipinski definition) is 8. The molecule has 0 spiro atoms. The van der Waals surface area contributed by atoms with Crippen LogP contribution in [-0.4, -0.2) is 58.9 Å². The van der Waals surface area contributed by atoms with Gasteiger partial charge in [-0.3, -0.25) is 14.6 Å². The summed E-state index contributed by atoms with van der Waals surface area (Å²) in [4.78, 5) is 38.9. The first-order valence-corrected chi connectivity index (χ1v) is 12.2. The summed E-state index contributed by atoms with van der Waals surface area (Å²) < 4.78 is 5.97. The van der Waals surface area contributed by atoms with Crippen LogP contribution in [0.25, 0.3) is 10.9 Å². The Morgan fingerprint density at radius 2 is 1.74 bits per heavy atom. The van der Waals surface area contributed by atoms with Gasteiger partial charge >= 0.3 is 0 Å². The van der Waals surface area contributed by atoms with E-state index in [4.69, 9.17) is 4.74 Å². The minimum atomic E-state index is -0.198. The van der Waals surface area contributed by atoms with Crippen molar-refractivity contribution >= 4 is 39.9 Å². The van der Waals surface area contributed by atoms with Gasteiger partial charge in [0.05, 0.1) is 18.3 Å². The topological polar surface area (TPSA) is 121 Å². The lowest BCUT2D eigenvalue weighted by Gasteiger charge is -2.13. The smallest absolute Gasteiger partial charge is 0.234 e. The summed E-state index contributed by atoms with van der Waals surface area (Å²) in [7, 11) is 3.63. The molecule has 0 saturated carbocycles. The molecule has 10 heteroatoms. The molecule has 3 N–H and O–H groups in total.